The van der Waals surface area contributed by atoms with Crippen LogP contribution in [0.2, 0.25) is 0 Å². The largest absolute Gasteiger partial charge is 0.497 e. The van der Waals surface area contributed by atoms with E-state index in [1.807, 2.05) is 6.07 Å². The number of nitrogens with zero attached hydrogens (tertiary/aromatic N) is 1. The maximum atomic E-state index is 12.6. The SMILES string of the molecule is COc1ccc(CNC(=O)c2ccc(S(=O)(=O)N3CCCC3)s2)c(OC)c1. The molecular weight excluding hydrogens is 388 g/mol. The molecule has 27 heavy (non-hydrogen) atoms. The van der Waals surface area contributed by atoms with Crippen molar-refractivity contribution in [1.29, 1.82) is 0 Å². The first-order valence-corrected chi connectivity index (χ1v) is 10.8. The van der Waals surface area contributed by atoms with Gasteiger partial charge in [-0.1, -0.05) is 0 Å². The van der Waals surface area contributed by atoms with Crippen molar-refractivity contribution in [2.45, 2.75) is 23.6 Å². The van der Waals surface area contributed by atoms with Gasteiger partial charge in [0.1, 0.15) is 15.7 Å². The van der Waals surface area contributed by atoms with Gasteiger partial charge in [0.25, 0.3) is 15.9 Å². The molecule has 7 nitrogen and oxygen atoms in total. The zero-order valence-electron chi connectivity index (χ0n) is 15.2. The average molecular weight is 411 g/mol. The van der Waals surface area contributed by atoms with E-state index in [1.54, 1.807) is 32.4 Å². The van der Waals surface area contributed by atoms with Crippen LogP contribution in [-0.4, -0.2) is 45.9 Å². The van der Waals surface area contributed by atoms with Crippen molar-refractivity contribution >= 4 is 27.3 Å². The van der Waals surface area contributed by atoms with Gasteiger partial charge in [0.2, 0.25) is 0 Å². The summed E-state index contributed by atoms with van der Waals surface area (Å²) in [7, 11) is -0.378. The van der Waals surface area contributed by atoms with Gasteiger partial charge >= 0.3 is 0 Å². The number of rotatable bonds is 7. The molecule has 0 atom stereocenters. The Morgan fingerprint density at radius 2 is 1.89 bits per heavy atom. The first kappa shape index (κ1) is 19.7. The smallest absolute Gasteiger partial charge is 0.261 e. The number of thiophene rings is 1. The predicted molar refractivity (Wildman–Crippen MR) is 103 cm³/mol. The fraction of sp³-hybridized carbons (Fsp3) is 0.389. The summed E-state index contributed by atoms with van der Waals surface area (Å²) < 4.78 is 37.3. The van der Waals surface area contributed by atoms with Crippen molar-refractivity contribution < 1.29 is 22.7 Å². The van der Waals surface area contributed by atoms with E-state index in [0.717, 1.165) is 29.7 Å². The predicted octanol–water partition coefficient (Wildman–Crippen LogP) is 2.48. The van der Waals surface area contributed by atoms with Crippen molar-refractivity contribution in [3.8, 4) is 11.5 Å². The van der Waals surface area contributed by atoms with E-state index in [0.29, 0.717) is 29.5 Å². The second kappa shape index (κ2) is 8.28. The summed E-state index contributed by atoms with van der Waals surface area (Å²) in [5.41, 5.74) is 0.799. The molecule has 0 radical (unpaired) electrons. The zero-order chi connectivity index (χ0) is 19.4. The van der Waals surface area contributed by atoms with Crippen LogP contribution in [0.4, 0.5) is 0 Å². The highest BCUT2D eigenvalue weighted by Gasteiger charge is 2.29. The number of nitrogens with one attached hydrogen (secondary N) is 1. The molecule has 1 amide bonds. The van der Waals surface area contributed by atoms with Crippen LogP contribution in [0.1, 0.15) is 28.1 Å². The van der Waals surface area contributed by atoms with Crippen molar-refractivity contribution in [3.63, 3.8) is 0 Å². The van der Waals surface area contributed by atoms with Gasteiger partial charge in [0.05, 0.1) is 19.1 Å². The number of hydrogen-bond acceptors (Lipinski definition) is 6. The van der Waals surface area contributed by atoms with Gasteiger partial charge in [-0.05, 0) is 37.1 Å². The van der Waals surface area contributed by atoms with Crippen LogP contribution in [0, 0.1) is 0 Å². The number of hydrogen-bond donors (Lipinski definition) is 1. The van der Waals surface area contributed by atoms with Gasteiger partial charge in [-0.25, -0.2) is 8.42 Å². The Kier molecular flexibility index (Phi) is 6.03. The number of benzene rings is 1. The van der Waals surface area contributed by atoms with Gasteiger partial charge in [-0.2, -0.15) is 4.31 Å². The number of methoxy groups -OCH3 is 2. The molecule has 1 aliphatic rings. The third-order valence-corrected chi connectivity index (χ3v) is 7.85. The average Bonchev–Trinajstić information content (AvgIpc) is 3.38. The summed E-state index contributed by atoms with van der Waals surface area (Å²) in [6.45, 7) is 1.34. The fourth-order valence-corrected chi connectivity index (χ4v) is 5.79. The van der Waals surface area contributed by atoms with Crippen LogP contribution in [0.15, 0.2) is 34.5 Å². The quantitative estimate of drug-likeness (QED) is 0.758. The number of sulfonamides is 1. The van der Waals surface area contributed by atoms with Gasteiger partial charge in [-0.3, -0.25) is 4.79 Å². The van der Waals surface area contributed by atoms with Crippen LogP contribution >= 0.6 is 11.3 Å². The molecular formula is C18H22N2O5S2. The molecule has 1 aromatic carbocycles. The molecule has 0 aliphatic carbocycles. The highest BCUT2D eigenvalue weighted by Crippen LogP contribution is 2.28. The Hall–Kier alpha value is -2.10. The van der Waals surface area contributed by atoms with E-state index in [4.69, 9.17) is 9.47 Å². The first-order chi connectivity index (χ1) is 13.0. The first-order valence-electron chi connectivity index (χ1n) is 8.55. The van der Waals surface area contributed by atoms with Gasteiger partial charge < -0.3 is 14.8 Å². The lowest BCUT2D eigenvalue weighted by molar-refractivity contribution is 0.0954. The van der Waals surface area contributed by atoms with Crippen molar-refractivity contribution in [1.82, 2.24) is 9.62 Å². The van der Waals surface area contributed by atoms with E-state index >= 15 is 0 Å². The molecule has 146 valence electrons. The molecule has 0 bridgehead atoms. The van der Waals surface area contributed by atoms with E-state index in [9.17, 15) is 13.2 Å². The third-order valence-electron chi connectivity index (χ3n) is 4.40. The normalized spacial score (nSPS) is 14.9. The lowest BCUT2D eigenvalue weighted by Crippen LogP contribution is -2.27. The second-order valence-corrected chi connectivity index (χ2v) is 9.34. The summed E-state index contributed by atoms with van der Waals surface area (Å²) in [5.74, 6) is 0.954. The van der Waals surface area contributed by atoms with Crippen LogP contribution in [0.5, 0.6) is 11.5 Å². The molecule has 1 aliphatic heterocycles. The fourth-order valence-electron chi connectivity index (χ4n) is 2.90. The van der Waals surface area contributed by atoms with Crippen LogP contribution in [-0.2, 0) is 16.6 Å². The summed E-state index contributed by atoms with van der Waals surface area (Å²) in [5, 5.41) is 2.80. The summed E-state index contributed by atoms with van der Waals surface area (Å²) in [4.78, 5) is 12.8. The van der Waals surface area contributed by atoms with E-state index in [1.165, 1.54) is 10.4 Å². The molecule has 3 rings (SSSR count). The third kappa shape index (κ3) is 4.26. The highest BCUT2D eigenvalue weighted by atomic mass is 32.2. The van der Waals surface area contributed by atoms with Gasteiger partial charge in [0, 0.05) is 31.3 Å². The monoisotopic (exact) mass is 410 g/mol. The molecule has 1 saturated heterocycles. The Morgan fingerprint density at radius 3 is 2.56 bits per heavy atom. The van der Waals surface area contributed by atoms with Crippen molar-refractivity contribution in [2.24, 2.45) is 0 Å². The maximum Gasteiger partial charge on any atom is 0.261 e. The van der Waals surface area contributed by atoms with E-state index in [2.05, 4.69) is 5.32 Å². The lowest BCUT2D eigenvalue weighted by Gasteiger charge is -2.13. The molecule has 0 saturated carbocycles. The molecule has 1 N–H and O–H groups in total. The molecule has 1 fully saturated rings. The Morgan fingerprint density at radius 1 is 1.15 bits per heavy atom. The molecule has 9 heteroatoms. The number of ether oxygens (including phenoxy) is 2. The minimum atomic E-state index is -3.50. The number of amides is 1. The van der Waals surface area contributed by atoms with Gasteiger partial charge in [-0.15, -0.1) is 11.3 Å². The summed E-state index contributed by atoms with van der Waals surface area (Å²) in [6.07, 6.45) is 1.75. The lowest BCUT2D eigenvalue weighted by atomic mass is 10.2. The standard InChI is InChI=1S/C18H22N2O5S2/c1-24-14-6-5-13(15(11-14)25-2)12-19-18(21)16-7-8-17(26-16)27(22,23)20-9-3-4-10-20/h5-8,11H,3-4,9-10,12H2,1-2H3,(H,19,21). The van der Waals surface area contributed by atoms with Crippen molar-refractivity contribution in [2.75, 3.05) is 27.3 Å². The Balaban J connectivity index is 1.68. The Labute approximate surface area is 163 Å². The van der Waals surface area contributed by atoms with Crippen LogP contribution in [0.3, 0.4) is 0 Å². The maximum absolute atomic E-state index is 12.6. The minimum absolute atomic E-state index is 0.205. The summed E-state index contributed by atoms with van der Waals surface area (Å²) >= 11 is 0.993. The van der Waals surface area contributed by atoms with Crippen LogP contribution in [0.25, 0.3) is 0 Å². The minimum Gasteiger partial charge on any atom is -0.497 e. The molecule has 2 heterocycles. The Bertz CT molecular complexity index is 918. The van der Waals surface area contributed by atoms with Gasteiger partial charge in [0.15, 0.2) is 0 Å². The van der Waals surface area contributed by atoms with Crippen LogP contribution < -0.4 is 14.8 Å². The van der Waals surface area contributed by atoms with E-state index < -0.39 is 10.0 Å². The van der Waals surface area contributed by atoms with E-state index in [-0.39, 0.29) is 16.7 Å². The molecule has 0 spiro atoms. The number of carbonyl (C=O) groups is 1. The topological polar surface area (TPSA) is 84.9 Å². The molecule has 0 unspecified atom stereocenters. The summed E-state index contributed by atoms with van der Waals surface area (Å²) in [6, 6.07) is 8.40. The molecule has 1 aromatic heterocycles. The zero-order valence-corrected chi connectivity index (χ0v) is 16.9. The molecule has 2 aromatic rings. The number of carbonyl (C=O) groups excluding carboxylic acids is 1. The van der Waals surface area contributed by atoms with Crippen molar-refractivity contribution in [3.05, 3.63) is 40.8 Å². The highest BCUT2D eigenvalue weighted by molar-refractivity contribution is 7.91. The second-order valence-electron chi connectivity index (χ2n) is 6.09.